The maximum atomic E-state index is 12.8. The standard InChI is InChI=1S/C19H12F3N4/c20-19(21,22)13-2-1-3-15(10-13)24-14-6-4-12(5-7-14)18-16-11-23-9-8-17(16)25-26-18/h1-11,24H. The summed E-state index contributed by atoms with van der Waals surface area (Å²) in [6.07, 6.45) is -1.00. The van der Waals surface area contributed by atoms with Crippen LogP contribution in [0.5, 0.6) is 0 Å². The zero-order valence-electron chi connectivity index (χ0n) is 13.3. The monoisotopic (exact) mass is 353 g/mol. The molecular weight excluding hydrogens is 341 g/mol. The molecule has 0 fully saturated rings. The Balaban J connectivity index is 1.55. The summed E-state index contributed by atoms with van der Waals surface area (Å²) in [6.45, 7) is 0. The predicted octanol–water partition coefficient (Wildman–Crippen LogP) is 4.85. The van der Waals surface area contributed by atoms with Gasteiger partial charge < -0.3 is 5.32 Å². The van der Waals surface area contributed by atoms with E-state index in [4.69, 9.17) is 0 Å². The molecule has 2 heterocycles. The largest absolute Gasteiger partial charge is 0.416 e. The Kier molecular flexibility index (Phi) is 3.84. The van der Waals surface area contributed by atoms with Gasteiger partial charge in [0.05, 0.1) is 11.3 Å². The summed E-state index contributed by atoms with van der Waals surface area (Å²) in [5.74, 6) is 0. The van der Waals surface area contributed by atoms with Crippen LogP contribution in [0.1, 0.15) is 16.7 Å². The molecular formula is C19H12F3N4. The number of pyridine rings is 1. The third-order valence-corrected chi connectivity index (χ3v) is 3.95. The van der Waals surface area contributed by atoms with E-state index in [0.29, 0.717) is 11.4 Å². The van der Waals surface area contributed by atoms with Crippen LogP contribution < -0.4 is 10.7 Å². The van der Waals surface area contributed by atoms with Crippen LogP contribution in [0.2, 0.25) is 0 Å². The first-order valence-corrected chi connectivity index (χ1v) is 7.78. The average Bonchev–Trinajstić information content (AvgIpc) is 3.06. The van der Waals surface area contributed by atoms with Gasteiger partial charge in [0.1, 0.15) is 5.71 Å². The minimum Gasteiger partial charge on any atom is -0.356 e. The quantitative estimate of drug-likeness (QED) is 0.732. The summed E-state index contributed by atoms with van der Waals surface area (Å²) in [7, 11) is 0. The second kappa shape index (κ2) is 6.18. The smallest absolute Gasteiger partial charge is 0.356 e. The number of nitrogens with zero attached hydrogens (tertiary/aromatic N) is 3. The lowest BCUT2D eigenvalue weighted by atomic mass is 10.0. The second-order valence-corrected chi connectivity index (χ2v) is 5.72. The fraction of sp³-hybridized carbons (Fsp3) is 0.0526. The maximum absolute atomic E-state index is 12.8. The van der Waals surface area contributed by atoms with Gasteiger partial charge in [-0.2, -0.15) is 13.2 Å². The molecule has 4 nitrogen and oxygen atoms in total. The number of benzene rings is 2. The number of rotatable bonds is 3. The van der Waals surface area contributed by atoms with Crippen LogP contribution in [0, 0.1) is 0 Å². The Morgan fingerprint density at radius 3 is 2.46 bits per heavy atom. The molecule has 1 radical (unpaired) electrons. The van der Waals surface area contributed by atoms with Crippen molar-refractivity contribution in [2.75, 3.05) is 5.32 Å². The van der Waals surface area contributed by atoms with Gasteiger partial charge in [0, 0.05) is 34.9 Å². The van der Waals surface area contributed by atoms with Gasteiger partial charge in [0.25, 0.3) is 0 Å². The van der Waals surface area contributed by atoms with Crippen LogP contribution in [0.25, 0.3) is 0 Å². The number of aromatic nitrogens is 1. The van der Waals surface area contributed by atoms with E-state index in [2.05, 4.69) is 20.8 Å². The number of nitrogens with one attached hydrogen (secondary N) is 1. The van der Waals surface area contributed by atoms with E-state index in [9.17, 15) is 13.2 Å². The van der Waals surface area contributed by atoms with Gasteiger partial charge in [0.2, 0.25) is 0 Å². The Morgan fingerprint density at radius 2 is 1.69 bits per heavy atom. The highest BCUT2D eigenvalue weighted by Gasteiger charge is 2.30. The first kappa shape index (κ1) is 16.1. The summed E-state index contributed by atoms with van der Waals surface area (Å²) in [4.78, 5) is 4.09. The molecule has 4 rings (SSSR count). The molecule has 7 heteroatoms. The molecule has 1 N–H and O–H groups in total. The molecule has 0 amide bonds. The number of fused-ring (bicyclic) bond motifs is 1. The summed E-state index contributed by atoms with van der Waals surface area (Å²) < 4.78 is 38.4. The zero-order chi connectivity index (χ0) is 18.1. The van der Waals surface area contributed by atoms with Crippen LogP contribution in [0.15, 0.2) is 72.1 Å². The minimum atomic E-state index is -4.37. The summed E-state index contributed by atoms with van der Waals surface area (Å²) in [5, 5.41) is 7.16. The summed E-state index contributed by atoms with van der Waals surface area (Å²) in [5.41, 5.74) is 7.66. The van der Waals surface area contributed by atoms with Crippen molar-refractivity contribution < 1.29 is 13.2 Å². The molecule has 0 unspecified atom stereocenters. The number of anilines is 2. The molecule has 26 heavy (non-hydrogen) atoms. The molecule has 0 saturated carbocycles. The van der Waals surface area contributed by atoms with Crippen molar-refractivity contribution in [2.24, 2.45) is 5.10 Å². The van der Waals surface area contributed by atoms with E-state index in [1.165, 1.54) is 6.07 Å². The van der Waals surface area contributed by atoms with Crippen LogP contribution in [0.3, 0.4) is 0 Å². The van der Waals surface area contributed by atoms with E-state index in [0.717, 1.165) is 34.7 Å². The van der Waals surface area contributed by atoms with Crippen molar-refractivity contribution in [1.29, 1.82) is 0 Å². The van der Waals surface area contributed by atoms with Crippen molar-refractivity contribution >= 4 is 22.8 Å². The third-order valence-electron chi connectivity index (χ3n) is 3.95. The van der Waals surface area contributed by atoms with Crippen molar-refractivity contribution in [3.63, 3.8) is 0 Å². The molecule has 1 aromatic heterocycles. The van der Waals surface area contributed by atoms with E-state index < -0.39 is 11.7 Å². The molecule has 1 aliphatic rings. The van der Waals surface area contributed by atoms with Gasteiger partial charge in [0.15, 0.2) is 0 Å². The van der Waals surface area contributed by atoms with Gasteiger partial charge in [-0.15, -0.1) is 10.5 Å². The van der Waals surface area contributed by atoms with Crippen LogP contribution >= 0.6 is 0 Å². The normalized spacial score (nSPS) is 13.0. The van der Waals surface area contributed by atoms with E-state index in [1.807, 2.05) is 12.1 Å². The number of alkyl halides is 3. The average molecular weight is 353 g/mol. The lowest BCUT2D eigenvalue weighted by Gasteiger charge is -2.11. The minimum absolute atomic E-state index is 0.371. The lowest BCUT2D eigenvalue weighted by Crippen LogP contribution is -2.05. The third kappa shape index (κ3) is 3.11. The summed E-state index contributed by atoms with van der Waals surface area (Å²) in [6, 6.07) is 14.1. The van der Waals surface area contributed by atoms with Crippen molar-refractivity contribution in [3.05, 3.63) is 83.7 Å². The molecule has 2 aromatic carbocycles. The zero-order valence-corrected chi connectivity index (χ0v) is 13.3. The van der Waals surface area contributed by atoms with Crippen molar-refractivity contribution in [1.82, 2.24) is 10.4 Å². The topological polar surface area (TPSA) is 51.4 Å². The highest BCUT2D eigenvalue weighted by molar-refractivity contribution is 6.16. The van der Waals surface area contributed by atoms with Gasteiger partial charge in [-0.1, -0.05) is 18.2 Å². The number of hydrogen-bond acceptors (Lipinski definition) is 3. The highest BCUT2D eigenvalue weighted by Crippen LogP contribution is 2.31. The van der Waals surface area contributed by atoms with E-state index >= 15 is 0 Å². The molecule has 0 atom stereocenters. The van der Waals surface area contributed by atoms with Crippen LogP contribution in [-0.4, -0.2) is 10.7 Å². The Bertz CT molecular complexity index is 979. The SMILES string of the molecule is FC(F)(F)c1cccc(Nc2ccc(C3=N[N]c4ccncc43)cc2)c1. The highest BCUT2D eigenvalue weighted by atomic mass is 19.4. The molecule has 0 aliphatic carbocycles. The number of halogens is 3. The second-order valence-electron chi connectivity index (χ2n) is 5.72. The number of hydrogen-bond donors (Lipinski definition) is 1. The first-order valence-electron chi connectivity index (χ1n) is 7.78. The molecule has 0 bridgehead atoms. The predicted molar refractivity (Wildman–Crippen MR) is 92.8 cm³/mol. The maximum Gasteiger partial charge on any atom is 0.416 e. The Hall–Kier alpha value is -3.35. The lowest BCUT2D eigenvalue weighted by molar-refractivity contribution is -0.137. The van der Waals surface area contributed by atoms with E-state index in [1.54, 1.807) is 36.7 Å². The first-order chi connectivity index (χ1) is 12.5. The van der Waals surface area contributed by atoms with Gasteiger partial charge in [-0.3, -0.25) is 4.98 Å². The molecule has 1 aliphatic heterocycles. The van der Waals surface area contributed by atoms with Crippen LogP contribution in [0.4, 0.5) is 30.2 Å². The summed E-state index contributed by atoms with van der Waals surface area (Å²) >= 11 is 0. The molecule has 129 valence electrons. The van der Waals surface area contributed by atoms with Gasteiger partial charge >= 0.3 is 6.18 Å². The molecule has 0 spiro atoms. The van der Waals surface area contributed by atoms with E-state index in [-0.39, 0.29) is 0 Å². The fourth-order valence-corrected chi connectivity index (χ4v) is 2.68. The molecule has 3 aromatic rings. The fourth-order valence-electron chi connectivity index (χ4n) is 2.68. The Labute approximate surface area is 147 Å². The van der Waals surface area contributed by atoms with Gasteiger partial charge in [-0.05, 0) is 36.4 Å². The molecule has 0 saturated heterocycles. The Morgan fingerprint density at radius 1 is 0.885 bits per heavy atom. The van der Waals surface area contributed by atoms with Crippen LogP contribution in [-0.2, 0) is 6.18 Å². The van der Waals surface area contributed by atoms with Crippen molar-refractivity contribution in [2.45, 2.75) is 6.18 Å². The van der Waals surface area contributed by atoms with Crippen molar-refractivity contribution in [3.8, 4) is 0 Å². The van der Waals surface area contributed by atoms with Gasteiger partial charge in [-0.25, -0.2) is 0 Å².